The van der Waals surface area contributed by atoms with Crippen molar-refractivity contribution in [1.29, 1.82) is 0 Å². The van der Waals surface area contributed by atoms with Gasteiger partial charge in [-0.2, -0.15) is 0 Å². The molecule has 28 heavy (non-hydrogen) atoms. The molecule has 0 bridgehead atoms. The van der Waals surface area contributed by atoms with Crippen LogP contribution in [0, 0.1) is 22.1 Å². The molecule has 0 atom stereocenters. The van der Waals surface area contributed by atoms with E-state index in [0.29, 0.717) is 5.69 Å². The van der Waals surface area contributed by atoms with Crippen LogP contribution in [-0.4, -0.2) is 48.2 Å². The number of halogens is 3. The number of nitrogens with zero attached hydrogens (tertiary/aromatic N) is 1. The molecule has 0 saturated carbocycles. The minimum absolute atomic E-state index is 0.226. The molecule has 0 radical (unpaired) electrons. The number of aromatic carboxylic acids is 1. The maximum atomic E-state index is 14.8. The zero-order chi connectivity index (χ0) is 20.4. The molecule has 3 rings (SSSR count). The molecule has 148 valence electrons. The van der Waals surface area contributed by atoms with Crippen LogP contribution >= 0.6 is 22.6 Å². The van der Waals surface area contributed by atoms with Crippen LogP contribution in [0.25, 0.3) is 0 Å². The lowest BCUT2D eigenvalue weighted by molar-refractivity contribution is 0.0299. The number of anilines is 2. The molecule has 2 aromatic carbocycles. The van der Waals surface area contributed by atoms with E-state index in [9.17, 15) is 23.5 Å². The summed E-state index contributed by atoms with van der Waals surface area (Å²) in [5.41, 5.74) is -0.479. The van der Waals surface area contributed by atoms with E-state index in [2.05, 4.69) is 27.9 Å². The van der Waals surface area contributed by atoms with E-state index in [1.807, 2.05) is 6.07 Å². The van der Waals surface area contributed by atoms with E-state index < -0.39 is 40.3 Å². The van der Waals surface area contributed by atoms with Gasteiger partial charge in [0, 0.05) is 22.3 Å². The van der Waals surface area contributed by atoms with Crippen molar-refractivity contribution in [2.24, 2.45) is 0 Å². The highest BCUT2D eigenvalue weighted by Crippen LogP contribution is 2.31. The number of aryl methyl sites for hydroxylation is 1. The van der Waals surface area contributed by atoms with Gasteiger partial charge in [-0.15, -0.1) is 0 Å². The Morgan fingerprint density at radius 2 is 1.82 bits per heavy atom. The second kappa shape index (κ2) is 8.39. The van der Waals surface area contributed by atoms with Crippen molar-refractivity contribution in [2.75, 3.05) is 31.6 Å². The first-order valence-electron chi connectivity index (χ1n) is 8.45. The predicted octanol–water partition coefficient (Wildman–Crippen LogP) is 3.79. The third-order valence-corrected chi connectivity index (χ3v) is 5.08. The van der Waals surface area contributed by atoms with Crippen LogP contribution in [-0.2, 0) is 4.74 Å². The first-order valence-corrected chi connectivity index (χ1v) is 9.53. The van der Waals surface area contributed by atoms with Gasteiger partial charge in [0.05, 0.1) is 30.0 Å². The van der Waals surface area contributed by atoms with Gasteiger partial charge in [0.2, 0.25) is 0 Å². The van der Waals surface area contributed by atoms with E-state index in [-0.39, 0.29) is 26.3 Å². The predicted molar refractivity (Wildman–Crippen MR) is 107 cm³/mol. The van der Waals surface area contributed by atoms with Gasteiger partial charge in [0.1, 0.15) is 0 Å². The highest BCUT2D eigenvalue weighted by molar-refractivity contribution is 14.1. The third kappa shape index (κ3) is 4.09. The van der Waals surface area contributed by atoms with Crippen LogP contribution < -0.4 is 5.32 Å². The number of nitrogens with one attached hydrogen (secondary N) is 1. The van der Waals surface area contributed by atoms with Crippen molar-refractivity contribution >= 4 is 45.8 Å². The Bertz CT molecular complexity index is 946. The summed E-state index contributed by atoms with van der Waals surface area (Å²) >= 11 is 2.11. The standard InChI is InChI=1S/C19H17F2IN2O4/c1-10-8-11(22)2-3-14(10)23-17-13(19(26)27)9-12(15(20)16(17)21)18(25)24-4-6-28-7-5-24/h2-3,8-9,23H,4-7H2,1H3,(H,26,27). The second-order valence-electron chi connectivity index (χ2n) is 6.27. The van der Waals surface area contributed by atoms with Gasteiger partial charge >= 0.3 is 5.97 Å². The van der Waals surface area contributed by atoms with Crippen molar-refractivity contribution in [3.63, 3.8) is 0 Å². The van der Waals surface area contributed by atoms with Gasteiger partial charge in [-0.25, -0.2) is 13.6 Å². The van der Waals surface area contributed by atoms with E-state index in [1.54, 1.807) is 19.1 Å². The largest absolute Gasteiger partial charge is 0.478 e. The number of morpholine rings is 1. The van der Waals surface area contributed by atoms with E-state index >= 15 is 0 Å². The molecule has 2 N–H and O–H groups in total. The zero-order valence-electron chi connectivity index (χ0n) is 14.9. The average molecular weight is 502 g/mol. The summed E-state index contributed by atoms with van der Waals surface area (Å²) in [6.45, 7) is 2.78. The summed E-state index contributed by atoms with van der Waals surface area (Å²) in [6.07, 6.45) is 0. The van der Waals surface area contributed by atoms with Crippen molar-refractivity contribution in [2.45, 2.75) is 6.92 Å². The smallest absolute Gasteiger partial charge is 0.337 e. The number of hydrogen-bond donors (Lipinski definition) is 2. The summed E-state index contributed by atoms with van der Waals surface area (Å²) in [5.74, 6) is -5.03. The highest BCUT2D eigenvalue weighted by Gasteiger charge is 2.29. The molecule has 1 heterocycles. The van der Waals surface area contributed by atoms with Crippen LogP contribution in [0.5, 0.6) is 0 Å². The van der Waals surface area contributed by atoms with Gasteiger partial charge in [-0.3, -0.25) is 4.79 Å². The minimum Gasteiger partial charge on any atom is -0.478 e. The number of benzene rings is 2. The molecule has 1 aliphatic heterocycles. The lowest BCUT2D eigenvalue weighted by Gasteiger charge is -2.27. The molecular weight excluding hydrogens is 485 g/mol. The maximum Gasteiger partial charge on any atom is 0.337 e. The summed E-state index contributed by atoms with van der Waals surface area (Å²) in [4.78, 5) is 25.6. The van der Waals surface area contributed by atoms with Gasteiger partial charge in [-0.05, 0) is 59.3 Å². The van der Waals surface area contributed by atoms with Crippen molar-refractivity contribution in [3.8, 4) is 0 Å². The number of carbonyl (C=O) groups excluding carboxylic acids is 1. The Labute approximate surface area is 173 Å². The van der Waals surface area contributed by atoms with Crippen LogP contribution in [0.15, 0.2) is 24.3 Å². The lowest BCUT2D eigenvalue weighted by atomic mass is 10.0. The fourth-order valence-electron chi connectivity index (χ4n) is 2.91. The maximum absolute atomic E-state index is 14.8. The number of rotatable bonds is 4. The topological polar surface area (TPSA) is 78.9 Å². The first-order chi connectivity index (χ1) is 13.3. The number of carboxylic acid groups (broad SMARTS) is 1. The number of amides is 1. The van der Waals surface area contributed by atoms with Gasteiger partial charge in [0.15, 0.2) is 11.6 Å². The van der Waals surface area contributed by atoms with Crippen LogP contribution in [0.3, 0.4) is 0 Å². The fraction of sp³-hybridized carbons (Fsp3) is 0.263. The Kier molecular flexibility index (Phi) is 6.14. The van der Waals surface area contributed by atoms with Crippen molar-refractivity contribution < 1.29 is 28.2 Å². The highest BCUT2D eigenvalue weighted by atomic mass is 127. The van der Waals surface area contributed by atoms with Gasteiger partial charge in [0.25, 0.3) is 5.91 Å². The van der Waals surface area contributed by atoms with Crippen LogP contribution in [0.1, 0.15) is 26.3 Å². The molecule has 1 aliphatic rings. The number of carboxylic acids is 1. The van der Waals surface area contributed by atoms with E-state index in [1.165, 1.54) is 4.90 Å². The van der Waals surface area contributed by atoms with Crippen molar-refractivity contribution in [3.05, 3.63) is 56.2 Å². The van der Waals surface area contributed by atoms with Gasteiger partial charge < -0.3 is 20.1 Å². The zero-order valence-corrected chi connectivity index (χ0v) is 17.0. The molecule has 6 nitrogen and oxygen atoms in total. The number of hydrogen-bond acceptors (Lipinski definition) is 4. The molecule has 2 aromatic rings. The minimum atomic E-state index is -1.47. The third-order valence-electron chi connectivity index (χ3n) is 4.41. The molecule has 0 unspecified atom stereocenters. The number of ether oxygens (including phenoxy) is 1. The van der Waals surface area contributed by atoms with Crippen molar-refractivity contribution in [1.82, 2.24) is 4.90 Å². The van der Waals surface area contributed by atoms with Gasteiger partial charge in [-0.1, -0.05) is 0 Å². The lowest BCUT2D eigenvalue weighted by Crippen LogP contribution is -2.41. The Hall–Kier alpha value is -2.27. The first kappa shape index (κ1) is 20.5. The summed E-state index contributed by atoms with van der Waals surface area (Å²) < 4.78 is 35.6. The molecule has 1 saturated heterocycles. The Balaban J connectivity index is 2.05. The molecular formula is C19H17F2IN2O4. The molecule has 9 heteroatoms. The molecule has 0 aliphatic carbocycles. The molecule has 1 amide bonds. The normalized spacial score (nSPS) is 14.1. The second-order valence-corrected chi connectivity index (χ2v) is 7.51. The quantitative estimate of drug-likeness (QED) is 0.623. The summed E-state index contributed by atoms with van der Waals surface area (Å²) in [5, 5.41) is 12.2. The average Bonchev–Trinajstić information content (AvgIpc) is 2.67. The summed E-state index contributed by atoms with van der Waals surface area (Å²) in [7, 11) is 0. The Morgan fingerprint density at radius 1 is 1.14 bits per heavy atom. The van der Waals surface area contributed by atoms with Crippen LogP contribution in [0.4, 0.5) is 20.2 Å². The SMILES string of the molecule is Cc1cc(I)ccc1Nc1c(C(=O)O)cc(C(=O)N2CCOCC2)c(F)c1F. The van der Waals surface area contributed by atoms with E-state index in [4.69, 9.17) is 4.74 Å². The number of carbonyl (C=O) groups is 2. The van der Waals surface area contributed by atoms with Crippen LogP contribution in [0.2, 0.25) is 0 Å². The monoisotopic (exact) mass is 502 g/mol. The summed E-state index contributed by atoms with van der Waals surface area (Å²) in [6, 6.07) is 6.09. The fourth-order valence-corrected chi connectivity index (χ4v) is 3.56. The van der Waals surface area contributed by atoms with E-state index in [0.717, 1.165) is 15.2 Å². The molecule has 0 aromatic heterocycles. The molecule has 0 spiro atoms. The molecule has 1 fully saturated rings. The Morgan fingerprint density at radius 3 is 2.43 bits per heavy atom.